The lowest BCUT2D eigenvalue weighted by atomic mass is 9.82. The number of rotatable bonds is 3. The van der Waals surface area contributed by atoms with Crippen LogP contribution in [-0.4, -0.2) is 47.3 Å². The highest BCUT2D eigenvalue weighted by atomic mass is 16.6. The van der Waals surface area contributed by atoms with Crippen LogP contribution >= 0.6 is 0 Å². The molecular formula is C22H22N2O6. The van der Waals surface area contributed by atoms with Crippen molar-refractivity contribution < 1.29 is 24.0 Å². The van der Waals surface area contributed by atoms with Gasteiger partial charge in [-0.15, -0.1) is 0 Å². The summed E-state index contributed by atoms with van der Waals surface area (Å²) in [5.74, 6) is 1.01. The fourth-order valence-corrected chi connectivity index (χ4v) is 4.17. The highest BCUT2D eigenvalue weighted by Crippen LogP contribution is 2.41. The molecule has 30 heavy (non-hydrogen) atoms. The van der Waals surface area contributed by atoms with Crippen LogP contribution in [0.2, 0.25) is 0 Å². The molecule has 1 spiro atoms. The van der Waals surface area contributed by atoms with Gasteiger partial charge in [-0.05, 0) is 31.2 Å². The van der Waals surface area contributed by atoms with E-state index in [1.54, 1.807) is 43.2 Å². The van der Waals surface area contributed by atoms with Crippen molar-refractivity contribution >= 4 is 17.4 Å². The number of aryl methyl sites for hydroxylation is 1. The van der Waals surface area contributed by atoms with Gasteiger partial charge in [0.05, 0.1) is 24.0 Å². The zero-order chi connectivity index (χ0) is 21.5. The van der Waals surface area contributed by atoms with Gasteiger partial charge in [-0.2, -0.15) is 0 Å². The lowest BCUT2D eigenvalue weighted by Crippen LogP contribution is -2.52. The Bertz CT molecular complexity index is 1040. The van der Waals surface area contributed by atoms with Crippen LogP contribution in [-0.2, 0) is 0 Å². The Kier molecular flexibility index (Phi) is 4.93. The molecule has 8 heteroatoms. The fraction of sp³-hybridized carbons (Fsp3) is 0.364. The van der Waals surface area contributed by atoms with Crippen LogP contribution in [0.1, 0.15) is 45.5 Å². The Morgan fingerprint density at radius 2 is 1.93 bits per heavy atom. The van der Waals surface area contributed by atoms with Crippen molar-refractivity contribution in [3.63, 3.8) is 0 Å². The first-order chi connectivity index (χ1) is 14.3. The summed E-state index contributed by atoms with van der Waals surface area (Å²) in [6.45, 7) is 2.51. The molecule has 2 aliphatic rings. The summed E-state index contributed by atoms with van der Waals surface area (Å²) in [5.41, 5.74) is 0.794. The first kappa shape index (κ1) is 19.9. The number of Topliss-reactive ketones (excluding diaryl/α,β-unsaturated/α-hetero) is 1. The number of amides is 1. The quantitative estimate of drug-likeness (QED) is 0.567. The molecule has 2 aromatic rings. The van der Waals surface area contributed by atoms with Crippen molar-refractivity contribution in [1.82, 2.24) is 4.90 Å². The molecule has 0 aliphatic carbocycles. The molecule has 0 bridgehead atoms. The molecule has 4 rings (SSSR count). The van der Waals surface area contributed by atoms with Gasteiger partial charge < -0.3 is 14.4 Å². The van der Waals surface area contributed by atoms with Crippen molar-refractivity contribution in [2.75, 3.05) is 20.2 Å². The topological polar surface area (TPSA) is 99.0 Å². The average Bonchev–Trinajstić information content (AvgIpc) is 2.73. The maximum atomic E-state index is 12.9. The zero-order valence-corrected chi connectivity index (χ0v) is 16.8. The Hall–Kier alpha value is -3.42. The van der Waals surface area contributed by atoms with E-state index >= 15 is 0 Å². The predicted octanol–water partition coefficient (Wildman–Crippen LogP) is 3.55. The van der Waals surface area contributed by atoms with Gasteiger partial charge in [0.1, 0.15) is 17.1 Å². The number of methoxy groups -OCH3 is 1. The van der Waals surface area contributed by atoms with Gasteiger partial charge in [-0.3, -0.25) is 19.7 Å². The molecule has 8 nitrogen and oxygen atoms in total. The normalized spacial score (nSPS) is 17.3. The minimum absolute atomic E-state index is 0.00708. The third-order valence-electron chi connectivity index (χ3n) is 5.90. The van der Waals surface area contributed by atoms with Crippen LogP contribution in [0.25, 0.3) is 0 Å². The molecule has 1 saturated heterocycles. The fourth-order valence-electron chi connectivity index (χ4n) is 4.17. The van der Waals surface area contributed by atoms with Crippen LogP contribution < -0.4 is 9.47 Å². The second-order valence-electron chi connectivity index (χ2n) is 7.80. The smallest absolute Gasteiger partial charge is 0.272 e. The van der Waals surface area contributed by atoms with E-state index in [1.807, 2.05) is 0 Å². The molecule has 1 fully saturated rings. The van der Waals surface area contributed by atoms with E-state index in [0.717, 1.165) is 0 Å². The number of ketones is 1. The van der Waals surface area contributed by atoms with E-state index in [4.69, 9.17) is 9.47 Å². The Balaban J connectivity index is 1.48. The number of ether oxygens (including phenoxy) is 2. The molecular weight excluding hydrogens is 388 g/mol. The van der Waals surface area contributed by atoms with Crippen molar-refractivity contribution in [2.45, 2.75) is 31.8 Å². The summed E-state index contributed by atoms with van der Waals surface area (Å²) >= 11 is 0. The number of benzene rings is 2. The minimum atomic E-state index is -0.626. The van der Waals surface area contributed by atoms with Gasteiger partial charge in [-0.1, -0.05) is 0 Å². The van der Waals surface area contributed by atoms with Crippen molar-refractivity contribution in [3.05, 3.63) is 63.2 Å². The number of likely N-dealkylation sites (tertiary alicyclic amines) is 1. The molecule has 0 saturated carbocycles. The van der Waals surface area contributed by atoms with Crippen LogP contribution in [0, 0.1) is 17.0 Å². The molecule has 0 N–H and O–H groups in total. The second-order valence-corrected chi connectivity index (χ2v) is 7.80. The lowest BCUT2D eigenvalue weighted by Gasteiger charge is -2.44. The predicted molar refractivity (Wildman–Crippen MR) is 108 cm³/mol. The summed E-state index contributed by atoms with van der Waals surface area (Å²) in [4.78, 5) is 37.8. The van der Waals surface area contributed by atoms with Gasteiger partial charge in [0.2, 0.25) is 0 Å². The number of nitro groups is 1. The molecule has 2 heterocycles. The van der Waals surface area contributed by atoms with E-state index in [0.29, 0.717) is 54.1 Å². The SMILES string of the molecule is COc1ccc2c(c1)OC1(CCN(C(=O)c3ccc([N+](=O)[O-])c(C)c3)CC1)CC2=O. The maximum Gasteiger partial charge on any atom is 0.272 e. The first-order valence-corrected chi connectivity index (χ1v) is 9.76. The molecule has 0 radical (unpaired) electrons. The van der Waals surface area contributed by atoms with Crippen molar-refractivity contribution in [1.29, 1.82) is 0 Å². The van der Waals surface area contributed by atoms with Crippen LogP contribution in [0.5, 0.6) is 11.5 Å². The molecule has 2 aromatic carbocycles. The van der Waals surface area contributed by atoms with Crippen LogP contribution in [0.4, 0.5) is 5.69 Å². The Morgan fingerprint density at radius 3 is 2.57 bits per heavy atom. The monoisotopic (exact) mass is 410 g/mol. The molecule has 0 unspecified atom stereocenters. The summed E-state index contributed by atoms with van der Waals surface area (Å²) in [5, 5.41) is 11.0. The number of piperidine rings is 1. The van der Waals surface area contributed by atoms with Gasteiger partial charge in [0.15, 0.2) is 5.78 Å². The molecule has 156 valence electrons. The van der Waals surface area contributed by atoms with Gasteiger partial charge >= 0.3 is 0 Å². The van der Waals surface area contributed by atoms with Crippen molar-refractivity contribution in [2.24, 2.45) is 0 Å². The third-order valence-corrected chi connectivity index (χ3v) is 5.90. The molecule has 1 amide bonds. The minimum Gasteiger partial charge on any atom is -0.497 e. The zero-order valence-electron chi connectivity index (χ0n) is 16.8. The standard InChI is InChI=1S/C22H22N2O6/c1-14-11-15(3-6-18(14)24(27)28)21(26)23-9-7-22(8-10-23)13-19(25)17-5-4-16(29-2)12-20(17)30-22/h3-6,11-12H,7-10,13H2,1-2H3. The summed E-state index contributed by atoms with van der Waals surface area (Å²) < 4.78 is 11.5. The summed E-state index contributed by atoms with van der Waals surface area (Å²) in [6, 6.07) is 9.59. The average molecular weight is 410 g/mol. The van der Waals surface area contributed by atoms with E-state index in [1.165, 1.54) is 12.1 Å². The number of hydrogen-bond acceptors (Lipinski definition) is 6. The Labute approximate surface area is 173 Å². The lowest BCUT2D eigenvalue weighted by molar-refractivity contribution is -0.385. The van der Waals surface area contributed by atoms with Gasteiger partial charge in [0.25, 0.3) is 11.6 Å². The molecule has 0 aromatic heterocycles. The maximum absolute atomic E-state index is 12.9. The van der Waals surface area contributed by atoms with Gasteiger partial charge in [-0.25, -0.2) is 0 Å². The van der Waals surface area contributed by atoms with E-state index in [9.17, 15) is 19.7 Å². The van der Waals surface area contributed by atoms with Crippen LogP contribution in [0.15, 0.2) is 36.4 Å². The number of carbonyl (C=O) groups is 2. The largest absolute Gasteiger partial charge is 0.497 e. The van der Waals surface area contributed by atoms with E-state index < -0.39 is 10.5 Å². The number of nitro benzene ring substituents is 1. The van der Waals surface area contributed by atoms with Crippen molar-refractivity contribution in [3.8, 4) is 11.5 Å². The molecule has 0 atom stereocenters. The number of nitrogens with zero attached hydrogens (tertiary/aromatic N) is 2. The molecule has 2 aliphatic heterocycles. The highest BCUT2D eigenvalue weighted by Gasteiger charge is 2.43. The highest BCUT2D eigenvalue weighted by molar-refractivity contribution is 6.00. The number of fused-ring (bicyclic) bond motifs is 1. The van der Waals surface area contributed by atoms with Crippen LogP contribution in [0.3, 0.4) is 0 Å². The van der Waals surface area contributed by atoms with E-state index in [2.05, 4.69) is 0 Å². The summed E-state index contributed by atoms with van der Waals surface area (Å²) in [7, 11) is 1.56. The Morgan fingerprint density at radius 1 is 1.20 bits per heavy atom. The van der Waals surface area contributed by atoms with E-state index in [-0.39, 0.29) is 23.8 Å². The number of carbonyl (C=O) groups excluding carboxylic acids is 2. The first-order valence-electron chi connectivity index (χ1n) is 9.76. The van der Waals surface area contributed by atoms with Gasteiger partial charge in [0, 0.05) is 49.2 Å². The second kappa shape index (κ2) is 7.44. The number of hydrogen-bond donors (Lipinski definition) is 0. The summed E-state index contributed by atoms with van der Waals surface area (Å²) in [6.07, 6.45) is 1.35. The third kappa shape index (κ3) is 3.49.